The van der Waals surface area contributed by atoms with Crippen LogP contribution < -0.4 is 0 Å². The zero-order valence-corrected chi connectivity index (χ0v) is 13.8. The average Bonchev–Trinajstić information content (AvgIpc) is 2.77. The zero-order valence-electron chi connectivity index (χ0n) is 13.8. The first-order chi connectivity index (χ1) is 10.6. The monoisotopic (exact) mass is 329 g/mol. The predicted molar refractivity (Wildman–Crippen MR) is 83.1 cm³/mol. The molecule has 2 heterocycles. The summed E-state index contributed by atoms with van der Waals surface area (Å²) in [6, 6.07) is 2.84. The number of hydrogen-bond acceptors (Lipinski definition) is 3. The Labute approximate surface area is 133 Å². The Kier molecular flexibility index (Phi) is 4.73. The van der Waals surface area contributed by atoms with Crippen molar-refractivity contribution in [2.75, 3.05) is 13.1 Å². The summed E-state index contributed by atoms with van der Waals surface area (Å²) in [4.78, 5) is 8.69. The highest BCUT2D eigenvalue weighted by atomic mass is 19.4. The van der Waals surface area contributed by atoms with Crippen LogP contribution in [0.4, 0.5) is 13.2 Å². The number of hydrogen-bond donors (Lipinski definition) is 2. The maximum Gasteiger partial charge on any atom is 0.418 e. The van der Waals surface area contributed by atoms with Gasteiger partial charge in [0.1, 0.15) is 11.3 Å². The topological polar surface area (TPSA) is 52.1 Å². The molecule has 1 aliphatic heterocycles. The van der Waals surface area contributed by atoms with Crippen LogP contribution in [0.1, 0.15) is 37.7 Å². The summed E-state index contributed by atoms with van der Waals surface area (Å²) in [5.41, 5.74) is -0.536. The van der Waals surface area contributed by atoms with Crippen molar-refractivity contribution < 1.29 is 18.3 Å². The lowest BCUT2D eigenvalue weighted by molar-refractivity contribution is -0.136. The van der Waals surface area contributed by atoms with Gasteiger partial charge in [0.25, 0.3) is 0 Å². The molecule has 0 unspecified atom stereocenters. The lowest BCUT2D eigenvalue weighted by Crippen LogP contribution is -2.59. The highest BCUT2D eigenvalue weighted by Crippen LogP contribution is 2.35. The number of nitrogens with zero attached hydrogens (tertiary/aromatic N) is 2. The standard InChI is InChI=1S/C14H16F3N3O.C2H6/c1-8-18-11-4-9(5-20-6-13(2,21)7-20)3-10(12(11)19-8)14(15,16)17;1-2/h3-4,21H,5-7H2,1-2H3,(H,18,19);1-2H3. The lowest BCUT2D eigenvalue weighted by atomic mass is 9.96. The summed E-state index contributed by atoms with van der Waals surface area (Å²) in [5.74, 6) is 0.458. The van der Waals surface area contributed by atoms with Crippen LogP contribution >= 0.6 is 0 Å². The molecule has 0 spiro atoms. The molecule has 2 aromatic rings. The minimum Gasteiger partial charge on any atom is -0.388 e. The molecule has 0 atom stereocenters. The Bertz CT molecular complexity index is 684. The maximum atomic E-state index is 13.2. The molecule has 23 heavy (non-hydrogen) atoms. The third kappa shape index (κ3) is 3.84. The second-order valence-corrected chi connectivity index (χ2v) is 6.00. The second-order valence-electron chi connectivity index (χ2n) is 6.00. The van der Waals surface area contributed by atoms with Gasteiger partial charge in [-0.2, -0.15) is 13.2 Å². The van der Waals surface area contributed by atoms with Crippen LogP contribution in [-0.4, -0.2) is 38.7 Å². The number of β-amino-alcohol motifs (C(OH)–C–C–N with tert-alkyl or cyclic N) is 1. The van der Waals surface area contributed by atoms with E-state index in [0.29, 0.717) is 36.5 Å². The van der Waals surface area contributed by atoms with Gasteiger partial charge in [-0.05, 0) is 31.5 Å². The number of rotatable bonds is 2. The highest BCUT2D eigenvalue weighted by molar-refractivity contribution is 5.80. The van der Waals surface area contributed by atoms with Crippen molar-refractivity contribution in [3.05, 3.63) is 29.1 Å². The van der Waals surface area contributed by atoms with Crippen LogP contribution in [0.5, 0.6) is 0 Å². The number of aromatic amines is 1. The molecule has 7 heteroatoms. The quantitative estimate of drug-likeness (QED) is 0.887. The van der Waals surface area contributed by atoms with E-state index in [1.165, 1.54) is 0 Å². The van der Waals surface area contributed by atoms with E-state index in [1.807, 2.05) is 18.7 Å². The smallest absolute Gasteiger partial charge is 0.388 e. The molecule has 0 bridgehead atoms. The number of likely N-dealkylation sites (tertiary alicyclic amines) is 1. The van der Waals surface area contributed by atoms with E-state index in [1.54, 1.807) is 19.9 Å². The normalized spacial score (nSPS) is 17.6. The molecular formula is C16H22F3N3O. The number of halogens is 3. The van der Waals surface area contributed by atoms with Crippen LogP contribution in [-0.2, 0) is 12.7 Å². The molecule has 2 N–H and O–H groups in total. The van der Waals surface area contributed by atoms with Gasteiger partial charge in [-0.3, -0.25) is 4.90 Å². The lowest BCUT2D eigenvalue weighted by Gasteiger charge is -2.44. The van der Waals surface area contributed by atoms with Crippen molar-refractivity contribution in [2.45, 2.75) is 46.0 Å². The van der Waals surface area contributed by atoms with Crippen molar-refractivity contribution in [2.24, 2.45) is 0 Å². The first kappa shape index (κ1) is 17.7. The largest absolute Gasteiger partial charge is 0.418 e. The number of alkyl halides is 3. The molecule has 1 saturated heterocycles. The fourth-order valence-corrected chi connectivity index (χ4v) is 2.90. The van der Waals surface area contributed by atoms with Gasteiger partial charge in [0.15, 0.2) is 0 Å². The van der Waals surface area contributed by atoms with E-state index < -0.39 is 17.3 Å². The summed E-state index contributed by atoms with van der Waals surface area (Å²) in [6.45, 7) is 8.66. The first-order valence-corrected chi connectivity index (χ1v) is 7.65. The number of aromatic nitrogens is 2. The van der Waals surface area contributed by atoms with Crippen LogP contribution in [0.15, 0.2) is 12.1 Å². The number of H-pyrrole nitrogens is 1. The van der Waals surface area contributed by atoms with Gasteiger partial charge in [-0.15, -0.1) is 0 Å². The number of aryl methyl sites for hydroxylation is 1. The second kappa shape index (κ2) is 6.13. The molecule has 128 valence electrons. The van der Waals surface area contributed by atoms with E-state index in [-0.39, 0.29) is 5.52 Å². The van der Waals surface area contributed by atoms with Crippen LogP contribution in [0.25, 0.3) is 11.0 Å². The summed E-state index contributed by atoms with van der Waals surface area (Å²) in [7, 11) is 0. The van der Waals surface area contributed by atoms with Crippen LogP contribution in [0, 0.1) is 6.92 Å². The molecule has 0 saturated carbocycles. The van der Waals surface area contributed by atoms with Crippen molar-refractivity contribution in [1.29, 1.82) is 0 Å². The summed E-state index contributed by atoms with van der Waals surface area (Å²) in [5, 5.41) is 9.68. The molecule has 0 aliphatic carbocycles. The highest BCUT2D eigenvalue weighted by Gasteiger charge is 2.37. The van der Waals surface area contributed by atoms with Gasteiger partial charge < -0.3 is 10.1 Å². The van der Waals surface area contributed by atoms with Crippen LogP contribution in [0.2, 0.25) is 0 Å². The number of fused-ring (bicyclic) bond motifs is 1. The van der Waals surface area contributed by atoms with Crippen molar-refractivity contribution in [3.8, 4) is 0 Å². The Morgan fingerprint density at radius 2 is 1.91 bits per heavy atom. The number of nitrogens with one attached hydrogen (secondary N) is 1. The van der Waals surface area contributed by atoms with Crippen molar-refractivity contribution in [1.82, 2.24) is 14.9 Å². The Morgan fingerprint density at radius 3 is 2.43 bits per heavy atom. The maximum absolute atomic E-state index is 13.2. The summed E-state index contributed by atoms with van der Waals surface area (Å²) in [6.07, 6.45) is -4.43. The van der Waals surface area contributed by atoms with E-state index in [0.717, 1.165) is 6.07 Å². The predicted octanol–water partition coefficient (Wildman–Crippen LogP) is 3.48. The van der Waals surface area contributed by atoms with E-state index in [2.05, 4.69) is 9.97 Å². The van der Waals surface area contributed by atoms with Crippen LogP contribution in [0.3, 0.4) is 0 Å². The molecule has 0 radical (unpaired) electrons. The first-order valence-electron chi connectivity index (χ1n) is 7.65. The molecule has 1 fully saturated rings. The van der Waals surface area contributed by atoms with E-state index >= 15 is 0 Å². The SMILES string of the molecule is CC.Cc1nc2c(C(F)(F)F)cc(CN3CC(C)(O)C3)cc2[nH]1. The third-order valence-corrected chi connectivity index (χ3v) is 3.60. The molecule has 4 nitrogen and oxygen atoms in total. The van der Waals surface area contributed by atoms with Gasteiger partial charge in [0.2, 0.25) is 0 Å². The molecule has 3 rings (SSSR count). The molecule has 1 aromatic carbocycles. The van der Waals surface area contributed by atoms with Gasteiger partial charge in [0, 0.05) is 19.6 Å². The van der Waals surface area contributed by atoms with Crippen molar-refractivity contribution >= 4 is 11.0 Å². The van der Waals surface area contributed by atoms with Gasteiger partial charge in [-0.25, -0.2) is 4.98 Å². The summed E-state index contributed by atoms with van der Waals surface area (Å²) < 4.78 is 39.5. The zero-order chi connectivity index (χ0) is 17.4. The van der Waals surface area contributed by atoms with Gasteiger partial charge in [0.05, 0.1) is 16.7 Å². The molecular weight excluding hydrogens is 307 g/mol. The average molecular weight is 329 g/mol. The van der Waals surface area contributed by atoms with Gasteiger partial charge >= 0.3 is 6.18 Å². The fourth-order valence-electron chi connectivity index (χ4n) is 2.90. The fraction of sp³-hybridized carbons (Fsp3) is 0.562. The molecule has 1 aromatic heterocycles. The molecule has 0 amide bonds. The third-order valence-electron chi connectivity index (χ3n) is 3.60. The number of imidazole rings is 1. The van der Waals surface area contributed by atoms with E-state index in [9.17, 15) is 18.3 Å². The Morgan fingerprint density at radius 1 is 1.30 bits per heavy atom. The Balaban J connectivity index is 0.000000924. The minimum absolute atomic E-state index is 0.0423. The number of benzene rings is 1. The summed E-state index contributed by atoms with van der Waals surface area (Å²) >= 11 is 0. The van der Waals surface area contributed by atoms with E-state index in [4.69, 9.17) is 0 Å². The van der Waals surface area contributed by atoms with Crippen molar-refractivity contribution in [3.63, 3.8) is 0 Å². The molecule has 1 aliphatic rings. The Hall–Kier alpha value is -1.60. The number of aliphatic hydroxyl groups is 1. The minimum atomic E-state index is -4.43. The van der Waals surface area contributed by atoms with Gasteiger partial charge in [-0.1, -0.05) is 13.8 Å².